The van der Waals surface area contributed by atoms with Crippen LogP contribution in [0, 0.1) is 6.92 Å². The molecule has 0 heterocycles. The Labute approximate surface area is 105 Å². The second-order valence-electron chi connectivity index (χ2n) is 2.87. The minimum atomic E-state index is -0.423. The fourth-order valence-electron chi connectivity index (χ4n) is 1.16. The first-order chi connectivity index (χ1) is 7.02. The number of esters is 1. The molecule has 15 heavy (non-hydrogen) atoms. The summed E-state index contributed by atoms with van der Waals surface area (Å²) in [5.74, 6) is 0.0656. The lowest BCUT2D eigenvalue weighted by molar-refractivity contribution is 0.0597. The Bertz CT molecular complexity index is 402. The van der Waals surface area contributed by atoms with Crippen molar-refractivity contribution in [2.45, 2.75) is 6.92 Å². The molecule has 1 aromatic rings. The van der Waals surface area contributed by atoms with Gasteiger partial charge in [-0.2, -0.15) is 0 Å². The molecule has 5 heteroatoms. The summed E-state index contributed by atoms with van der Waals surface area (Å²) in [4.78, 5) is 11.5. The molecule has 0 fully saturated rings. The Morgan fingerprint density at radius 3 is 2.40 bits per heavy atom. The molecule has 0 aliphatic heterocycles. The molecule has 0 aliphatic carbocycles. The van der Waals surface area contributed by atoms with Crippen molar-refractivity contribution in [3.05, 3.63) is 26.1 Å². The van der Waals surface area contributed by atoms with Crippen LogP contribution in [0.15, 0.2) is 15.0 Å². The van der Waals surface area contributed by atoms with Crippen LogP contribution in [0.5, 0.6) is 5.75 Å². The molecular weight excluding hydrogens is 328 g/mol. The minimum Gasteiger partial charge on any atom is -0.495 e. The maximum atomic E-state index is 11.5. The number of hydrogen-bond donors (Lipinski definition) is 0. The van der Waals surface area contributed by atoms with E-state index in [1.807, 2.05) is 6.92 Å². The molecule has 0 atom stereocenters. The van der Waals surface area contributed by atoms with E-state index < -0.39 is 5.97 Å². The fourth-order valence-corrected chi connectivity index (χ4v) is 2.44. The highest BCUT2D eigenvalue weighted by molar-refractivity contribution is 9.11. The van der Waals surface area contributed by atoms with Gasteiger partial charge in [-0.25, -0.2) is 4.79 Å². The molecule has 1 rings (SSSR count). The van der Waals surface area contributed by atoms with E-state index >= 15 is 0 Å². The van der Waals surface area contributed by atoms with Crippen LogP contribution in [0.1, 0.15) is 15.9 Å². The molecule has 0 spiro atoms. The van der Waals surface area contributed by atoms with Crippen LogP contribution in [-0.4, -0.2) is 20.2 Å². The van der Waals surface area contributed by atoms with Crippen molar-refractivity contribution >= 4 is 37.8 Å². The number of carbonyl (C=O) groups excluding carboxylic acids is 1. The number of benzene rings is 1. The minimum absolute atomic E-state index is 0.393. The SMILES string of the molecule is COC(=O)c1cc(Br)c(C)c(Br)c1OC. The highest BCUT2D eigenvalue weighted by Gasteiger charge is 2.19. The molecule has 0 aromatic heterocycles. The predicted molar refractivity (Wildman–Crippen MR) is 64.5 cm³/mol. The van der Waals surface area contributed by atoms with Crippen molar-refractivity contribution in [1.82, 2.24) is 0 Å². The van der Waals surface area contributed by atoms with E-state index in [4.69, 9.17) is 4.74 Å². The molecule has 0 saturated heterocycles. The summed E-state index contributed by atoms with van der Waals surface area (Å²) in [7, 11) is 2.85. The summed E-state index contributed by atoms with van der Waals surface area (Å²) in [5.41, 5.74) is 1.36. The Balaban J connectivity index is 3.45. The molecule has 1 aromatic carbocycles. The summed E-state index contributed by atoms with van der Waals surface area (Å²) >= 11 is 6.74. The van der Waals surface area contributed by atoms with Crippen molar-refractivity contribution in [3.63, 3.8) is 0 Å². The molecule has 0 N–H and O–H groups in total. The second kappa shape index (κ2) is 4.99. The van der Waals surface area contributed by atoms with Gasteiger partial charge in [0, 0.05) is 4.47 Å². The third-order valence-corrected chi connectivity index (χ3v) is 3.79. The van der Waals surface area contributed by atoms with E-state index in [0.717, 1.165) is 14.5 Å². The summed E-state index contributed by atoms with van der Waals surface area (Å²) in [6.45, 7) is 1.91. The van der Waals surface area contributed by atoms with Gasteiger partial charge in [-0.15, -0.1) is 0 Å². The van der Waals surface area contributed by atoms with Crippen LogP contribution in [0.3, 0.4) is 0 Å². The van der Waals surface area contributed by atoms with Gasteiger partial charge in [-0.1, -0.05) is 15.9 Å². The topological polar surface area (TPSA) is 35.5 Å². The number of halogens is 2. The van der Waals surface area contributed by atoms with Crippen molar-refractivity contribution in [3.8, 4) is 5.75 Å². The van der Waals surface area contributed by atoms with Gasteiger partial charge in [-0.3, -0.25) is 0 Å². The molecule has 0 radical (unpaired) electrons. The summed E-state index contributed by atoms with van der Waals surface area (Å²) < 4.78 is 11.4. The number of rotatable bonds is 2. The molecule has 82 valence electrons. The maximum Gasteiger partial charge on any atom is 0.341 e. The number of ether oxygens (including phenoxy) is 2. The largest absolute Gasteiger partial charge is 0.495 e. The van der Waals surface area contributed by atoms with Gasteiger partial charge in [0.1, 0.15) is 11.3 Å². The van der Waals surface area contributed by atoms with Gasteiger partial charge < -0.3 is 9.47 Å². The molecule has 0 unspecified atom stereocenters. The Morgan fingerprint density at radius 2 is 1.93 bits per heavy atom. The van der Waals surface area contributed by atoms with E-state index in [1.54, 1.807) is 6.07 Å². The lowest BCUT2D eigenvalue weighted by Gasteiger charge is -2.12. The summed E-state index contributed by atoms with van der Waals surface area (Å²) in [5, 5.41) is 0. The van der Waals surface area contributed by atoms with Gasteiger partial charge >= 0.3 is 5.97 Å². The van der Waals surface area contributed by atoms with Crippen LogP contribution < -0.4 is 4.74 Å². The van der Waals surface area contributed by atoms with E-state index in [9.17, 15) is 4.79 Å². The van der Waals surface area contributed by atoms with E-state index in [-0.39, 0.29) is 0 Å². The summed E-state index contributed by atoms with van der Waals surface area (Å²) in [6, 6.07) is 1.69. The third-order valence-electron chi connectivity index (χ3n) is 2.01. The molecule has 0 aliphatic rings. The second-order valence-corrected chi connectivity index (χ2v) is 4.52. The zero-order chi connectivity index (χ0) is 11.6. The van der Waals surface area contributed by atoms with Gasteiger partial charge in [0.2, 0.25) is 0 Å². The average Bonchev–Trinajstić information content (AvgIpc) is 2.24. The van der Waals surface area contributed by atoms with E-state index in [2.05, 4.69) is 36.6 Å². The van der Waals surface area contributed by atoms with Crippen LogP contribution in [0.25, 0.3) is 0 Å². The van der Waals surface area contributed by atoms with Crippen LogP contribution in [-0.2, 0) is 4.74 Å². The number of hydrogen-bond acceptors (Lipinski definition) is 3. The highest BCUT2D eigenvalue weighted by Crippen LogP contribution is 2.36. The summed E-state index contributed by atoms with van der Waals surface area (Å²) in [6.07, 6.45) is 0. The molecular formula is C10H10Br2O3. The number of carbonyl (C=O) groups is 1. The zero-order valence-corrected chi connectivity index (χ0v) is 11.7. The van der Waals surface area contributed by atoms with Crippen molar-refractivity contribution in [2.75, 3.05) is 14.2 Å². The Morgan fingerprint density at radius 1 is 1.33 bits per heavy atom. The lowest BCUT2D eigenvalue weighted by Crippen LogP contribution is -2.05. The molecule has 0 saturated carbocycles. The van der Waals surface area contributed by atoms with Crippen molar-refractivity contribution in [2.24, 2.45) is 0 Å². The molecule has 0 bridgehead atoms. The normalized spacial score (nSPS) is 9.93. The molecule has 3 nitrogen and oxygen atoms in total. The van der Waals surface area contributed by atoms with Gasteiger partial charge in [0.15, 0.2) is 0 Å². The van der Waals surface area contributed by atoms with E-state index in [0.29, 0.717) is 11.3 Å². The van der Waals surface area contributed by atoms with Gasteiger partial charge in [0.25, 0.3) is 0 Å². The van der Waals surface area contributed by atoms with Crippen molar-refractivity contribution in [1.29, 1.82) is 0 Å². The lowest BCUT2D eigenvalue weighted by atomic mass is 10.1. The molecule has 0 amide bonds. The number of methoxy groups -OCH3 is 2. The quantitative estimate of drug-likeness (QED) is 0.777. The van der Waals surface area contributed by atoms with Crippen molar-refractivity contribution < 1.29 is 14.3 Å². The third kappa shape index (κ3) is 2.34. The van der Waals surface area contributed by atoms with Crippen LogP contribution >= 0.6 is 31.9 Å². The standard InChI is InChI=1S/C10H10Br2O3/c1-5-7(11)4-6(10(13)15-3)9(14-2)8(5)12/h4H,1-3H3. The first-order valence-corrected chi connectivity index (χ1v) is 5.72. The maximum absolute atomic E-state index is 11.5. The van der Waals surface area contributed by atoms with Crippen LogP contribution in [0.2, 0.25) is 0 Å². The predicted octanol–water partition coefficient (Wildman–Crippen LogP) is 3.32. The monoisotopic (exact) mass is 336 g/mol. The first kappa shape index (κ1) is 12.5. The van der Waals surface area contributed by atoms with Gasteiger partial charge in [-0.05, 0) is 34.5 Å². The van der Waals surface area contributed by atoms with Gasteiger partial charge in [0.05, 0.1) is 18.7 Å². The average molecular weight is 338 g/mol. The first-order valence-electron chi connectivity index (χ1n) is 4.13. The Hall–Kier alpha value is -0.550. The van der Waals surface area contributed by atoms with Crippen LogP contribution in [0.4, 0.5) is 0 Å². The zero-order valence-electron chi connectivity index (χ0n) is 8.56. The Kier molecular flexibility index (Phi) is 4.16. The fraction of sp³-hybridized carbons (Fsp3) is 0.300. The van der Waals surface area contributed by atoms with E-state index in [1.165, 1.54) is 14.2 Å². The highest BCUT2D eigenvalue weighted by atomic mass is 79.9. The smallest absolute Gasteiger partial charge is 0.341 e.